The van der Waals surface area contributed by atoms with Gasteiger partial charge in [0.05, 0.1) is 6.54 Å². The molecular weight excluding hydrogens is 298 g/mol. The number of ether oxygens (including phenoxy) is 2. The lowest BCUT2D eigenvalue weighted by Crippen LogP contribution is -2.49. The van der Waals surface area contributed by atoms with E-state index in [1.54, 1.807) is 4.90 Å². The maximum absolute atomic E-state index is 12.2. The molecule has 1 fully saturated rings. The highest BCUT2D eigenvalue weighted by atomic mass is 16.6. The third-order valence-electron chi connectivity index (χ3n) is 4.23. The Hall–Kier alpha value is -2.44. The number of piperidine rings is 1. The highest BCUT2D eigenvalue weighted by molar-refractivity contribution is 5.78. The molecule has 7 heteroatoms. The van der Waals surface area contributed by atoms with Crippen molar-refractivity contribution in [3.05, 3.63) is 24.3 Å². The van der Waals surface area contributed by atoms with Crippen LogP contribution in [0.5, 0.6) is 11.5 Å². The maximum atomic E-state index is 12.2. The predicted octanol–water partition coefficient (Wildman–Crippen LogP) is 0.733. The zero-order valence-corrected chi connectivity index (χ0v) is 12.9. The van der Waals surface area contributed by atoms with Crippen LogP contribution in [-0.2, 0) is 4.79 Å². The lowest BCUT2D eigenvalue weighted by molar-refractivity contribution is -0.123. The molecule has 0 bridgehead atoms. The Balaban J connectivity index is 1.44. The van der Waals surface area contributed by atoms with Gasteiger partial charge in [0.15, 0.2) is 17.6 Å². The summed E-state index contributed by atoms with van der Waals surface area (Å²) in [6.45, 7) is 1.87. The van der Waals surface area contributed by atoms with Gasteiger partial charge in [0.1, 0.15) is 6.61 Å². The van der Waals surface area contributed by atoms with E-state index in [2.05, 4.69) is 5.32 Å². The quantitative estimate of drug-likeness (QED) is 0.859. The van der Waals surface area contributed by atoms with Crippen molar-refractivity contribution in [1.29, 1.82) is 0 Å². The van der Waals surface area contributed by atoms with Crippen molar-refractivity contribution < 1.29 is 19.1 Å². The molecule has 1 unspecified atom stereocenters. The fourth-order valence-electron chi connectivity index (χ4n) is 2.84. The van der Waals surface area contributed by atoms with Crippen LogP contribution in [0.4, 0.5) is 4.79 Å². The summed E-state index contributed by atoms with van der Waals surface area (Å²) < 4.78 is 11.4. The van der Waals surface area contributed by atoms with E-state index in [1.165, 1.54) is 0 Å². The zero-order chi connectivity index (χ0) is 16.2. The molecule has 1 atom stereocenters. The number of nitrogens with one attached hydrogen (secondary N) is 1. The summed E-state index contributed by atoms with van der Waals surface area (Å²) in [4.78, 5) is 25.0. The minimum Gasteiger partial charge on any atom is -0.486 e. The molecule has 0 aliphatic carbocycles. The van der Waals surface area contributed by atoms with Crippen molar-refractivity contribution in [3.8, 4) is 11.5 Å². The van der Waals surface area contributed by atoms with E-state index in [0.29, 0.717) is 44.8 Å². The number of carbonyl (C=O) groups excluding carboxylic acids is 2. The van der Waals surface area contributed by atoms with Crippen LogP contribution in [0.25, 0.3) is 0 Å². The normalized spacial score (nSPS) is 20.9. The SMILES string of the molecule is NC(=O)C1CCN(C(=O)NCC2COc3ccccc3O2)CC1. The molecule has 2 aliphatic rings. The molecule has 0 spiro atoms. The summed E-state index contributed by atoms with van der Waals surface area (Å²) in [5.74, 6) is 1.02. The maximum Gasteiger partial charge on any atom is 0.317 e. The van der Waals surface area contributed by atoms with Crippen LogP contribution in [0.3, 0.4) is 0 Å². The first-order chi connectivity index (χ1) is 11.1. The third-order valence-corrected chi connectivity index (χ3v) is 4.23. The van der Waals surface area contributed by atoms with Gasteiger partial charge in [0.2, 0.25) is 5.91 Å². The van der Waals surface area contributed by atoms with Crippen LogP contribution in [-0.4, -0.2) is 49.2 Å². The van der Waals surface area contributed by atoms with Gasteiger partial charge in [-0.05, 0) is 25.0 Å². The summed E-state index contributed by atoms with van der Waals surface area (Å²) in [6.07, 6.45) is 1.04. The van der Waals surface area contributed by atoms with Gasteiger partial charge in [-0.3, -0.25) is 4.79 Å². The Morgan fingerprint density at radius 2 is 1.91 bits per heavy atom. The molecule has 0 radical (unpaired) electrons. The predicted molar refractivity (Wildman–Crippen MR) is 83.2 cm³/mol. The molecule has 0 saturated carbocycles. The number of likely N-dealkylation sites (tertiary alicyclic amines) is 1. The summed E-state index contributed by atoms with van der Waals surface area (Å²) in [7, 11) is 0. The van der Waals surface area contributed by atoms with E-state index in [-0.39, 0.29) is 24.0 Å². The number of amides is 3. The lowest BCUT2D eigenvalue weighted by atomic mass is 9.96. The van der Waals surface area contributed by atoms with Crippen LogP contribution < -0.4 is 20.5 Å². The average molecular weight is 319 g/mol. The van der Waals surface area contributed by atoms with Crippen LogP contribution in [0.2, 0.25) is 0 Å². The van der Waals surface area contributed by atoms with Gasteiger partial charge in [0, 0.05) is 19.0 Å². The second kappa shape index (κ2) is 6.76. The second-order valence-electron chi connectivity index (χ2n) is 5.85. The second-order valence-corrected chi connectivity index (χ2v) is 5.85. The van der Waals surface area contributed by atoms with Crippen LogP contribution in [0, 0.1) is 5.92 Å². The van der Waals surface area contributed by atoms with E-state index in [9.17, 15) is 9.59 Å². The van der Waals surface area contributed by atoms with Crippen LogP contribution in [0.1, 0.15) is 12.8 Å². The molecule has 124 valence electrons. The Labute approximate surface area is 134 Å². The van der Waals surface area contributed by atoms with Crippen molar-refractivity contribution >= 4 is 11.9 Å². The van der Waals surface area contributed by atoms with Gasteiger partial charge in [-0.25, -0.2) is 4.79 Å². The standard InChI is InChI=1S/C16H21N3O4/c17-15(20)11-5-7-19(8-6-11)16(21)18-9-12-10-22-13-3-1-2-4-14(13)23-12/h1-4,11-12H,5-10H2,(H2,17,20)(H,18,21). The number of fused-ring (bicyclic) bond motifs is 1. The number of para-hydroxylation sites is 2. The van der Waals surface area contributed by atoms with Crippen molar-refractivity contribution in [1.82, 2.24) is 10.2 Å². The van der Waals surface area contributed by atoms with Gasteiger partial charge in [0.25, 0.3) is 0 Å². The fraction of sp³-hybridized carbons (Fsp3) is 0.500. The van der Waals surface area contributed by atoms with Crippen molar-refractivity contribution in [2.45, 2.75) is 18.9 Å². The number of primary amides is 1. The minimum absolute atomic E-state index is 0.120. The molecule has 3 rings (SSSR count). The molecular formula is C16H21N3O4. The molecule has 3 amide bonds. The van der Waals surface area contributed by atoms with E-state index >= 15 is 0 Å². The Morgan fingerprint density at radius 3 is 2.61 bits per heavy atom. The molecule has 2 heterocycles. The van der Waals surface area contributed by atoms with Gasteiger partial charge >= 0.3 is 6.03 Å². The van der Waals surface area contributed by atoms with E-state index in [1.807, 2.05) is 24.3 Å². The van der Waals surface area contributed by atoms with Crippen molar-refractivity contribution in [3.63, 3.8) is 0 Å². The number of benzene rings is 1. The first-order valence-corrected chi connectivity index (χ1v) is 7.84. The van der Waals surface area contributed by atoms with E-state index < -0.39 is 0 Å². The number of nitrogens with two attached hydrogens (primary N) is 1. The largest absolute Gasteiger partial charge is 0.486 e. The van der Waals surface area contributed by atoms with Gasteiger partial charge in [-0.1, -0.05) is 12.1 Å². The van der Waals surface area contributed by atoms with Gasteiger partial charge in [-0.2, -0.15) is 0 Å². The molecule has 23 heavy (non-hydrogen) atoms. The number of carbonyl (C=O) groups is 2. The van der Waals surface area contributed by atoms with E-state index in [4.69, 9.17) is 15.2 Å². The van der Waals surface area contributed by atoms with Crippen LogP contribution in [0.15, 0.2) is 24.3 Å². The van der Waals surface area contributed by atoms with Crippen LogP contribution >= 0.6 is 0 Å². The summed E-state index contributed by atoms with van der Waals surface area (Å²) in [6, 6.07) is 7.33. The van der Waals surface area contributed by atoms with Gasteiger partial charge < -0.3 is 25.4 Å². The first kappa shape index (κ1) is 15.5. The highest BCUT2D eigenvalue weighted by Gasteiger charge is 2.27. The van der Waals surface area contributed by atoms with Gasteiger partial charge in [-0.15, -0.1) is 0 Å². The molecule has 1 aromatic carbocycles. The monoisotopic (exact) mass is 319 g/mol. The number of rotatable bonds is 3. The van der Waals surface area contributed by atoms with Crippen molar-refractivity contribution in [2.75, 3.05) is 26.2 Å². The smallest absolute Gasteiger partial charge is 0.317 e. The highest BCUT2D eigenvalue weighted by Crippen LogP contribution is 2.30. The number of urea groups is 1. The molecule has 0 aromatic heterocycles. The molecule has 1 saturated heterocycles. The zero-order valence-electron chi connectivity index (χ0n) is 12.9. The summed E-state index contributed by atoms with van der Waals surface area (Å²) >= 11 is 0. The fourth-order valence-corrected chi connectivity index (χ4v) is 2.84. The minimum atomic E-state index is -0.281. The average Bonchev–Trinajstić information content (AvgIpc) is 2.59. The summed E-state index contributed by atoms with van der Waals surface area (Å²) in [5.41, 5.74) is 5.30. The van der Waals surface area contributed by atoms with Crippen molar-refractivity contribution in [2.24, 2.45) is 11.7 Å². The first-order valence-electron chi connectivity index (χ1n) is 7.84. The van der Waals surface area contributed by atoms with E-state index in [0.717, 1.165) is 5.75 Å². The number of hydrogen-bond donors (Lipinski definition) is 2. The molecule has 1 aromatic rings. The molecule has 2 aliphatic heterocycles. The number of nitrogens with zero attached hydrogens (tertiary/aromatic N) is 1. The molecule has 3 N–H and O–H groups in total. The Morgan fingerprint density at radius 1 is 1.22 bits per heavy atom. The lowest BCUT2D eigenvalue weighted by Gasteiger charge is -2.32. The molecule has 7 nitrogen and oxygen atoms in total. The number of hydrogen-bond acceptors (Lipinski definition) is 4. The third kappa shape index (κ3) is 3.67. The summed E-state index contributed by atoms with van der Waals surface area (Å²) in [5, 5.41) is 2.86. The Bertz CT molecular complexity index is 584. The topological polar surface area (TPSA) is 93.9 Å². The Kier molecular flexibility index (Phi) is 4.55.